The monoisotopic (exact) mass is 491 g/mol. The number of aromatic nitrogens is 3. The lowest BCUT2D eigenvalue weighted by Crippen LogP contribution is -2.49. The summed E-state index contributed by atoms with van der Waals surface area (Å²) < 4.78 is 7.59. The highest BCUT2D eigenvalue weighted by molar-refractivity contribution is 6.03. The number of amides is 2. The van der Waals surface area contributed by atoms with Crippen LogP contribution in [0.5, 0.6) is 5.75 Å². The Labute approximate surface area is 214 Å². The zero-order valence-electron chi connectivity index (χ0n) is 20.5. The number of anilines is 1. The molecule has 37 heavy (non-hydrogen) atoms. The number of hydrogen-bond acceptors (Lipinski definition) is 5. The van der Waals surface area contributed by atoms with Gasteiger partial charge in [-0.15, -0.1) is 0 Å². The van der Waals surface area contributed by atoms with E-state index in [1.54, 1.807) is 49.4 Å². The van der Waals surface area contributed by atoms with Crippen molar-refractivity contribution < 1.29 is 14.3 Å². The van der Waals surface area contributed by atoms with Gasteiger partial charge in [-0.3, -0.25) is 19.3 Å². The molecular weight excluding hydrogens is 466 g/mol. The van der Waals surface area contributed by atoms with Crippen molar-refractivity contribution in [2.75, 3.05) is 18.6 Å². The fraction of sp³-hybridized carbons (Fsp3) is 0.172. The number of nitrogens with zero attached hydrogens (tertiary/aromatic N) is 4. The molecule has 8 heteroatoms. The number of carbonyl (C=O) groups is 2. The van der Waals surface area contributed by atoms with E-state index in [9.17, 15) is 9.59 Å². The number of carbonyl (C=O) groups excluding carboxylic acids is 2. The SMILES string of the molecule is CN1C(=O)[C@@H](NC(=O)c2cc(Cc3ccccc3)n(C)n2)COc2ccc(C#Cc3cccnc3)cc21. The van der Waals surface area contributed by atoms with Gasteiger partial charge in [0.25, 0.3) is 11.8 Å². The summed E-state index contributed by atoms with van der Waals surface area (Å²) in [4.78, 5) is 31.8. The van der Waals surface area contributed by atoms with Gasteiger partial charge in [0, 0.05) is 49.7 Å². The first kappa shape index (κ1) is 23.8. The van der Waals surface area contributed by atoms with Crippen LogP contribution in [0.3, 0.4) is 0 Å². The molecular formula is C29H25N5O3. The van der Waals surface area contributed by atoms with Gasteiger partial charge in [0.1, 0.15) is 24.1 Å². The lowest BCUT2D eigenvalue weighted by atomic mass is 10.1. The average molecular weight is 492 g/mol. The quantitative estimate of drug-likeness (QED) is 0.444. The fourth-order valence-electron chi connectivity index (χ4n) is 4.08. The van der Waals surface area contributed by atoms with Gasteiger partial charge in [-0.25, -0.2) is 0 Å². The van der Waals surface area contributed by atoms with E-state index in [0.717, 1.165) is 22.4 Å². The molecule has 3 heterocycles. The Morgan fingerprint density at radius 1 is 1.05 bits per heavy atom. The summed E-state index contributed by atoms with van der Waals surface area (Å²) in [5, 5.41) is 7.15. The van der Waals surface area contributed by atoms with Crippen LogP contribution >= 0.6 is 0 Å². The van der Waals surface area contributed by atoms with Gasteiger partial charge in [-0.2, -0.15) is 5.10 Å². The standard InChI is InChI=1S/C29H25N5O3/c1-33-26-16-21(10-11-22-9-6-14-30-18-22)12-13-27(26)37-19-25(29(33)36)31-28(35)24-17-23(34(2)32-24)15-20-7-4-3-5-8-20/h3-9,12-14,16-18,25H,15,19H2,1-2H3,(H,31,35)/t25-/m0/s1. The summed E-state index contributed by atoms with van der Waals surface area (Å²) in [6, 6.07) is 20.0. The van der Waals surface area contributed by atoms with Crippen LogP contribution in [0.25, 0.3) is 0 Å². The van der Waals surface area contributed by atoms with Gasteiger partial charge in [-0.1, -0.05) is 42.2 Å². The van der Waals surface area contributed by atoms with E-state index < -0.39 is 11.9 Å². The first-order valence-electron chi connectivity index (χ1n) is 11.8. The van der Waals surface area contributed by atoms with Crippen LogP contribution in [0, 0.1) is 11.8 Å². The molecule has 5 rings (SSSR count). The molecule has 0 saturated carbocycles. The summed E-state index contributed by atoms with van der Waals surface area (Å²) in [5.74, 6) is 5.98. The highest BCUT2D eigenvalue weighted by Gasteiger charge is 2.31. The zero-order valence-corrected chi connectivity index (χ0v) is 20.5. The van der Waals surface area contributed by atoms with E-state index in [4.69, 9.17) is 4.74 Å². The molecule has 2 aromatic heterocycles. The molecule has 0 saturated heterocycles. The van der Waals surface area contributed by atoms with Crippen molar-refractivity contribution in [3.63, 3.8) is 0 Å². The van der Waals surface area contributed by atoms with Crippen LogP contribution < -0.4 is 15.0 Å². The number of rotatable bonds is 4. The van der Waals surface area contributed by atoms with Gasteiger partial charge in [0.05, 0.1) is 5.69 Å². The van der Waals surface area contributed by atoms with Gasteiger partial charge in [0.15, 0.2) is 0 Å². The summed E-state index contributed by atoms with van der Waals surface area (Å²) in [7, 11) is 3.46. The minimum atomic E-state index is -0.866. The molecule has 0 spiro atoms. The van der Waals surface area contributed by atoms with E-state index in [1.807, 2.05) is 48.5 Å². The van der Waals surface area contributed by atoms with E-state index in [-0.39, 0.29) is 18.2 Å². The van der Waals surface area contributed by atoms with Gasteiger partial charge in [0.2, 0.25) is 0 Å². The molecule has 4 aromatic rings. The van der Waals surface area contributed by atoms with Gasteiger partial charge in [-0.05, 0) is 42.0 Å². The molecule has 0 unspecified atom stereocenters. The minimum Gasteiger partial charge on any atom is -0.489 e. The molecule has 0 aliphatic carbocycles. The maximum absolute atomic E-state index is 13.2. The molecule has 1 aliphatic heterocycles. The van der Waals surface area contributed by atoms with E-state index >= 15 is 0 Å². The van der Waals surface area contributed by atoms with Crippen molar-refractivity contribution in [1.29, 1.82) is 0 Å². The highest BCUT2D eigenvalue weighted by atomic mass is 16.5. The Morgan fingerprint density at radius 3 is 2.65 bits per heavy atom. The smallest absolute Gasteiger partial charge is 0.272 e. The average Bonchev–Trinajstić information content (AvgIpc) is 3.25. The maximum Gasteiger partial charge on any atom is 0.272 e. The van der Waals surface area contributed by atoms with Crippen LogP contribution in [0.15, 0.2) is 79.1 Å². The number of ether oxygens (including phenoxy) is 1. The van der Waals surface area contributed by atoms with Crippen molar-refractivity contribution in [3.05, 3.63) is 107 Å². The number of benzene rings is 2. The van der Waals surface area contributed by atoms with Crippen molar-refractivity contribution in [1.82, 2.24) is 20.1 Å². The van der Waals surface area contributed by atoms with Crippen molar-refractivity contribution in [3.8, 4) is 17.6 Å². The molecule has 1 atom stereocenters. The summed E-state index contributed by atoms with van der Waals surface area (Å²) in [6.07, 6.45) is 4.03. The molecule has 0 bridgehead atoms. The summed E-state index contributed by atoms with van der Waals surface area (Å²) in [6.45, 7) is 0.00628. The van der Waals surface area contributed by atoms with Crippen LogP contribution in [-0.2, 0) is 18.3 Å². The Balaban J connectivity index is 1.30. The van der Waals surface area contributed by atoms with Gasteiger partial charge < -0.3 is 15.0 Å². The lowest BCUT2D eigenvalue weighted by Gasteiger charge is -2.20. The van der Waals surface area contributed by atoms with Gasteiger partial charge >= 0.3 is 0 Å². The zero-order chi connectivity index (χ0) is 25.8. The van der Waals surface area contributed by atoms with E-state index in [0.29, 0.717) is 17.9 Å². The Hall–Kier alpha value is -4.90. The third-order valence-corrected chi connectivity index (χ3v) is 6.11. The summed E-state index contributed by atoms with van der Waals surface area (Å²) >= 11 is 0. The molecule has 1 N–H and O–H groups in total. The van der Waals surface area contributed by atoms with Crippen molar-refractivity contribution >= 4 is 17.5 Å². The van der Waals surface area contributed by atoms with Crippen LogP contribution in [0.1, 0.15) is 32.9 Å². The predicted molar refractivity (Wildman–Crippen MR) is 139 cm³/mol. The second-order valence-corrected chi connectivity index (χ2v) is 8.72. The van der Waals surface area contributed by atoms with E-state index in [1.165, 1.54) is 4.90 Å². The Morgan fingerprint density at radius 2 is 1.86 bits per heavy atom. The lowest BCUT2D eigenvalue weighted by molar-refractivity contribution is -0.120. The number of likely N-dealkylation sites (N-methyl/N-ethyl adjacent to an activating group) is 1. The number of nitrogens with one attached hydrogen (secondary N) is 1. The first-order valence-corrected chi connectivity index (χ1v) is 11.8. The van der Waals surface area contributed by atoms with Crippen LogP contribution in [-0.4, -0.2) is 46.3 Å². The normalized spacial score (nSPS) is 14.6. The van der Waals surface area contributed by atoms with Crippen LogP contribution in [0.4, 0.5) is 5.69 Å². The topological polar surface area (TPSA) is 89.4 Å². The summed E-state index contributed by atoms with van der Waals surface area (Å²) in [5.41, 5.74) is 4.37. The number of aryl methyl sites for hydroxylation is 1. The molecule has 184 valence electrons. The predicted octanol–water partition coefficient (Wildman–Crippen LogP) is 2.96. The second kappa shape index (κ2) is 10.4. The van der Waals surface area contributed by atoms with Crippen molar-refractivity contribution in [2.24, 2.45) is 7.05 Å². The number of pyridine rings is 1. The Kier molecular flexibility index (Phi) is 6.68. The largest absolute Gasteiger partial charge is 0.489 e. The molecule has 2 amide bonds. The molecule has 0 fully saturated rings. The number of hydrogen-bond donors (Lipinski definition) is 1. The molecule has 0 radical (unpaired) electrons. The van der Waals surface area contributed by atoms with Crippen molar-refractivity contribution in [2.45, 2.75) is 12.5 Å². The molecule has 2 aromatic carbocycles. The van der Waals surface area contributed by atoms with Crippen LogP contribution in [0.2, 0.25) is 0 Å². The fourth-order valence-corrected chi connectivity index (χ4v) is 4.08. The maximum atomic E-state index is 13.2. The molecule has 8 nitrogen and oxygen atoms in total. The molecule has 1 aliphatic rings. The number of fused-ring (bicyclic) bond motifs is 1. The highest BCUT2D eigenvalue weighted by Crippen LogP contribution is 2.31. The van der Waals surface area contributed by atoms with E-state index in [2.05, 4.69) is 27.2 Å². The second-order valence-electron chi connectivity index (χ2n) is 8.72. The Bertz CT molecular complexity index is 1500. The third-order valence-electron chi connectivity index (χ3n) is 6.11. The minimum absolute atomic E-state index is 0.00628. The first-order chi connectivity index (χ1) is 18.0. The third kappa shape index (κ3) is 5.36.